The minimum Gasteiger partial charge on any atom is -0.381 e. The Bertz CT molecular complexity index is 499. The summed E-state index contributed by atoms with van der Waals surface area (Å²) in [6.07, 6.45) is 4.73. The highest BCUT2D eigenvalue weighted by Gasteiger charge is 2.23. The summed E-state index contributed by atoms with van der Waals surface area (Å²) in [5.41, 5.74) is 0.893. The van der Waals surface area contributed by atoms with Gasteiger partial charge >= 0.3 is 0 Å². The lowest BCUT2D eigenvalue weighted by Gasteiger charge is -2.07. The fraction of sp³-hybridized carbons (Fsp3) is 0.455. The van der Waals surface area contributed by atoms with E-state index in [4.69, 9.17) is 4.74 Å². The van der Waals surface area contributed by atoms with Crippen molar-refractivity contribution in [2.75, 3.05) is 13.2 Å². The maximum absolute atomic E-state index is 11.7. The van der Waals surface area contributed by atoms with E-state index in [9.17, 15) is 4.79 Å². The van der Waals surface area contributed by atoms with E-state index in [2.05, 4.69) is 10.3 Å². The normalized spacial score (nSPS) is 19.9. The summed E-state index contributed by atoms with van der Waals surface area (Å²) < 4.78 is 7.15. The van der Waals surface area contributed by atoms with Crippen molar-refractivity contribution in [2.24, 2.45) is 5.92 Å². The predicted molar refractivity (Wildman–Crippen MR) is 63.8 cm³/mol. The monoisotopic (exact) mass is 251 g/mol. The third-order valence-electron chi connectivity index (χ3n) is 2.89. The molecule has 1 amide bonds. The molecule has 1 aliphatic heterocycles. The van der Waals surface area contributed by atoms with Gasteiger partial charge in [0.15, 0.2) is 4.96 Å². The molecule has 1 atom stereocenters. The SMILES string of the molecule is O=C(NCc1cn2ccsc2n1)C1CCOC1. The lowest BCUT2D eigenvalue weighted by atomic mass is 10.1. The Morgan fingerprint density at radius 2 is 2.65 bits per heavy atom. The minimum atomic E-state index is 0.0127. The molecular weight excluding hydrogens is 238 g/mol. The lowest BCUT2D eigenvalue weighted by molar-refractivity contribution is -0.125. The van der Waals surface area contributed by atoms with Crippen LogP contribution in [0.2, 0.25) is 0 Å². The van der Waals surface area contributed by atoms with Crippen molar-refractivity contribution in [3.8, 4) is 0 Å². The van der Waals surface area contributed by atoms with Crippen LogP contribution in [0, 0.1) is 5.92 Å². The quantitative estimate of drug-likeness (QED) is 0.887. The Morgan fingerprint density at radius 3 is 3.41 bits per heavy atom. The van der Waals surface area contributed by atoms with Gasteiger partial charge in [0.2, 0.25) is 5.91 Å². The van der Waals surface area contributed by atoms with Gasteiger partial charge in [0.1, 0.15) is 0 Å². The summed E-state index contributed by atoms with van der Waals surface area (Å²) in [5, 5.41) is 4.89. The third-order valence-corrected chi connectivity index (χ3v) is 3.66. The van der Waals surface area contributed by atoms with Crippen LogP contribution in [-0.4, -0.2) is 28.5 Å². The number of imidazole rings is 1. The molecule has 90 valence electrons. The first-order valence-corrected chi connectivity index (χ1v) is 6.47. The van der Waals surface area contributed by atoms with Crippen molar-refractivity contribution in [3.63, 3.8) is 0 Å². The number of ether oxygens (including phenoxy) is 1. The summed E-state index contributed by atoms with van der Waals surface area (Å²) >= 11 is 1.59. The van der Waals surface area contributed by atoms with Gasteiger partial charge in [-0.15, -0.1) is 11.3 Å². The maximum Gasteiger partial charge on any atom is 0.225 e. The second-order valence-corrected chi connectivity index (χ2v) is 4.98. The zero-order chi connectivity index (χ0) is 11.7. The number of carbonyl (C=O) groups is 1. The molecule has 0 radical (unpaired) electrons. The number of hydrogen-bond acceptors (Lipinski definition) is 4. The number of rotatable bonds is 3. The molecule has 0 spiro atoms. The molecule has 0 aromatic carbocycles. The van der Waals surface area contributed by atoms with Crippen molar-refractivity contribution in [2.45, 2.75) is 13.0 Å². The molecule has 0 bridgehead atoms. The molecule has 1 fully saturated rings. The molecule has 17 heavy (non-hydrogen) atoms. The molecule has 2 aromatic heterocycles. The highest BCUT2D eigenvalue weighted by Crippen LogP contribution is 2.13. The Labute approximate surface area is 102 Å². The third kappa shape index (κ3) is 2.18. The summed E-state index contributed by atoms with van der Waals surface area (Å²) in [7, 11) is 0. The fourth-order valence-electron chi connectivity index (χ4n) is 1.92. The van der Waals surface area contributed by atoms with Crippen molar-refractivity contribution < 1.29 is 9.53 Å². The Hall–Kier alpha value is -1.40. The van der Waals surface area contributed by atoms with E-state index in [0.717, 1.165) is 17.1 Å². The zero-order valence-corrected chi connectivity index (χ0v) is 10.1. The molecule has 3 heterocycles. The molecular formula is C11H13N3O2S. The van der Waals surface area contributed by atoms with Crippen LogP contribution in [0.5, 0.6) is 0 Å². The van der Waals surface area contributed by atoms with E-state index >= 15 is 0 Å². The molecule has 1 saturated heterocycles. The zero-order valence-electron chi connectivity index (χ0n) is 9.26. The first kappa shape index (κ1) is 10.7. The van der Waals surface area contributed by atoms with Crippen LogP contribution in [-0.2, 0) is 16.1 Å². The number of hydrogen-bond donors (Lipinski definition) is 1. The largest absolute Gasteiger partial charge is 0.381 e. The van der Waals surface area contributed by atoms with Crippen molar-refractivity contribution in [1.82, 2.24) is 14.7 Å². The van der Waals surface area contributed by atoms with Crippen LogP contribution in [0.1, 0.15) is 12.1 Å². The van der Waals surface area contributed by atoms with Gasteiger partial charge in [-0.3, -0.25) is 9.20 Å². The van der Waals surface area contributed by atoms with E-state index in [1.54, 1.807) is 11.3 Å². The first-order valence-electron chi connectivity index (χ1n) is 5.59. The number of fused-ring (bicyclic) bond motifs is 1. The minimum absolute atomic E-state index is 0.0127. The maximum atomic E-state index is 11.7. The fourth-order valence-corrected chi connectivity index (χ4v) is 2.64. The van der Waals surface area contributed by atoms with Gasteiger partial charge in [-0.05, 0) is 6.42 Å². The number of thiazole rings is 1. The second kappa shape index (κ2) is 4.46. The summed E-state index contributed by atoms with van der Waals surface area (Å²) in [4.78, 5) is 17.1. The van der Waals surface area contributed by atoms with Crippen molar-refractivity contribution in [3.05, 3.63) is 23.5 Å². The van der Waals surface area contributed by atoms with Gasteiger partial charge in [0.25, 0.3) is 0 Å². The molecule has 0 aliphatic carbocycles. The van der Waals surface area contributed by atoms with Crippen LogP contribution < -0.4 is 5.32 Å². The van der Waals surface area contributed by atoms with Crippen molar-refractivity contribution >= 4 is 22.2 Å². The number of aromatic nitrogens is 2. The summed E-state index contributed by atoms with van der Waals surface area (Å²) in [6.45, 7) is 1.73. The molecule has 2 aromatic rings. The highest BCUT2D eigenvalue weighted by molar-refractivity contribution is 7.15. The van der Waals surface area contributed by atoms with E-state index in [-0.39, 0.29) is 11.8 Å². The average Bonchev–Trinajstić information content (AvgIpc) is 3.01. The van der Waals surface area contributed by atoms with Crippen LogP contribution >= 0.6 is 11.3 Å². The number of nitrogens with one attached hydrogen (secondary N) is 1. The molecule has 5 nitrogen and oxygen atoms in total. The molecule has 1 aliphatic rings. The highest BCUT2D eigenvalue weighted by atomic mass is 32.1. The van der Waals surface area contributed by atoms with Crippen LogP contribution in [0.4, 0.5) is 0 Å². The lowest BCUT2D eigenvalue weighted by Crippen LogP contribution is -2.30. The van der Waals surface area contributed by atoms with Gasteiger partial charge in [-0.25, -0.2) is 4.98 Å². The van der Waals surface area contributed by atoms with Crippen LogP contribution in [0.25, 0.3) is 4.96 Å². The van der Waals surface area contributed by atoms with Crippen molar-refractivity contribution in [1.29, 1.82) is 0 Å². The van der Waals surface area contributed by atoms with Gasteiger partial charge in [-0.1, -0.05) is 0 Å². The van der Waals surface area contributed by atoms with E-state index < -0.39 is 0 Å². The van der Waals surface area contributed by atoms with Crippen LogP contribution in [0.15, 0.2) is 17.8 Å². The Balaban J connectivity index is 1.60. The van der Waals surface area contributed by atoms with E-state index in [1.165, 1.54) is 0 Å². The van der Waals surface area contributed by atoms with Gasteiger partial charge in [-0.2, -0.15) is 0 Å². The van der Waals surface area contributed by atoms with E-state index in [1.807, 2.05) is 22.2 Å². The summed E-state index contributed by atoms with van der Waals surface area (Å²) in [6, 6.07) is 0. The first-order chi connectivity index (χ1) is 8.33. The number of amides is 1. The number of carbonyl (C=O) groups excluding carboxylic acids is 1. The van der Waals surface area contributed by atoms with Gasteiger partial charge in [0, 0.05) is 24.4 Å². The standard InChI is InChI=1S/C11H13N3O2S/c15-10(8-1-3-16-7-8)12-5-9-6-14-2-4-17-11(14)13-9/h2,4,6,8H,1,3,5,7H2,(H,12,15). The molecule has 1 N–H and O–H groups in total. The van der Waals surface area contributed by atoms with E-state index in [0.29, 0.717) is 19.8 Å². The second-order valence-electron chi connectivity index (χ2n) is 4.10. The number of nitrogens with zero attached hydrogens (tertiary/aromatic N) is 2. The average molecular weight is 251 g/mol. The molecule has 6 heteroatoms. The topological polar surface area (TPSA) is 55.6 Å². The van der Waals surface area contributed by atoms with Gasteiger partial charge < -0.3 is 10.1 Å². The Morgan fingerprint density at radius 1 is 1.71 bits per heavy atom. The van der Waals surface area contributed by atoms with Crippen LogP contribution in [0.3, 0.4) is 0 Å². The summed E-state index contributed by atoms with van der Waals surface area (Å²) in [5.74, 6) is 0.0811. The van der Waals surface area contributed by atoms with Gasteiger partial charge in [0.05, 0.1) is 24.8 Å². The molecule has 0 saturated carbocycles. The predicted octanol–water partition coefficient (Wildman–Crippen LogP) is 1.05. The Kier molecular flexibility index (Phi) is 2.82. The molecule has 1 unspecified atom stereocenters. The smallest absolute Gasteiger partial charge is 0.225 e. The molecule has 3 rings (SSSR count).